The molecule has 0 atom stereocenters. The van der Waals surface area contributed by atoms with E-state index in [9.17, 15) is 9.50 Å². The van der Waals surface area contributed by atoms with Gasteiger partial charge in [-0.05, 0) is 28.8 Å². The second-order valence-electron chi connectivity index (χ2n) is 5.26. The van der Waals surface area contributed by atoms with E-state index >= 15 is 0 Å². The van der Waals surface area contributed by atoms with Crippen molar-refractivity contribution in [1.82, 2.24) is 0 Å². The second kappa shape index (κ2) is 4.62. The minimum absolute atomic E-state index is 0.351. The first-order valence-corrected chi connectivity index (χ1v) is 6.67. The van der Waals surface area contributed by atoms with Crippen molar-refractivity contribution in [3.63, 3.8) is 0 Å². The van der Waals surface area contributed by atoms with E-state index < -0.39 is 5.60 Å². The van der Waals surface area contributed by atoms with E-state index in [0.717, 1.165) is 5.56 Å². The van der Waals surface area contributed by atoms with Crippen LogP contribution in [-0.4, -0.2) is 10.7 Å². The van der Waals surface area contributed by atoms with Crippen molar-refractivity contribution in [2.75, 3.05) is 0 Å². The lowest BCUT2D eigenvalue weighted by molar-refractivity contribution is 0.0518. The average Bonchev–Trinajstić information content (AvgIpc) is 2.69. The Labute approximate surface area is 116 Å². The van der Waals surface area contributed by atoms with Gasteiger partial charge < -0.3 is 5.11 Å². The van der Waals surface area contributed by atoms with Gasteiger partial charge in [0.15, 0.2) is 0 Å². The monoisotopic (exact) mass is 276 g/mol. The first-order chi connectivity index (χ1) is 9.06. The van der Waals surface area contributed by atoms with Gasteiger partial charge in [0.2, 0.25) is 0 Å². The fourth-order valence-electron chi connectivity index (χ4n) is 2.82. The van der Waals surface area contributed by atoms with Gasteiger partial charge in [-0.15, -0.1) is 0 Å². The molecule has 1 N–H and O–H groups in total. The Kier molecular flexibility index (Phi) is 3.08. The van der Waals surface area contributed by atoms with Crippen LogP contribution >= 0.6 is 11.6 Å². The molecule has 2 aromatic rings. The molecule has 0 aliphatic heterocycles. The van der Waals surface area contributed by atoms with E-state index in [1.54, 1.807) is 6.07 Å². The lowest BCUT2D eigenvalue weighted by Crippen LogP contribution is -2.32. The van der Waals surface area contributed by atoms with Gasteiger partial charge in [-0.2, -0.15) is 0 Å². The molecule has 1 aliphatic carbocycles. The summed E-state index contributed by atoms with van der Waals surface area (Å²) in [7, 11) is 0. The zero-order chi connectivity index (χ0) is 13.5. The summed E-state index contributed by atoms with van der Waals surface area (Å²) in [5.41, 5.74) is 2.34. The third-order valence-corrected chi connectivity index (χ3v) is 4.04. The van der Waals surface area contributed by atoms with Crippen LogP contribution in [0.4, 0.5) is 4.39 Å². The fraction of sp³-hybridized carbons (Fsp3) is 0.250. The van der Waals surface area contributed by atoms with Crippen molar-refractivity contribution >= 4 is 11.6 Å². The molecule has 0 spiro atoms. The molecular formula is C16H14ClFO. The number of fused-ring (bicyclic) bond motifs is 1. The molecule has 2 aromatic carbocycles. The van der Waals surface area contributed by atoms with Crippen molar-refractivity contribution in [3.05, 3.63) is 70.0 Å². The molecule has 0 radical (unpaired) electrons. The predicted octanol–water partition coefficient (Wildman–Crippen LogP) is 3.55. The summed E-state index contributed by atoms with van der Waals surface area (Å²) in [4.78, 5) is 0. The molecule has 3 heteroatoms. The van der Waals surface area contributed by atoms with E-state index in [2.05, 4.69) is 0 Å². The predicted molar refractivity (Wildman–Crippen MR) is 73.9 cm³/mol. The number of aliphatic hydroxyl groups is 1. The van der Waals surface area contributed by atoms with E-state index in [-0.39, 0.29) is 5.82 Å². The third kappa shape index (κ3) is 2.51. The highest BCUT2D eigenvalue weighted by Crippen LogP contribution is 2.34. The van der Waals surface area contributed by atoms with Crippen LogP contribution < -0.4 is 0 Å². The number of halogens is 2. The average molecular weight is 277 g/mol. The van der Waals surface area contributed by atoms with Crippen LogP contribution in [0.2, 0.25) is 5.02 Å². The Morgan fingerprint density at radius 1 is 1.11 bits per heavy atom. The topological polar surface area (TPSA) is 20.2 Å². The van der Waals surface area contributed by atoms with Crippen LogP contribution in [0.1, 0.15) is 16.7 Å². The quantitative estimate of drug-likeness (QED) is 0.889. The molecular weight excluding hydrogens is 263 g/mol. The smallest absolute Gasteiger partial charge is 0.124 e. The van der Waals surface area contributed by atoms with Crippen LogP contribution in [0.15, 0.2) is 42.5 Å². The van der Waals surface area contributed by atoms with Crippen LogP contribution in [-0.2, 0) is 19.3 Å². The minimum Gasteiger partial charge on any atom is -0.389 e. The summed E-state index contributed by atoms with van der Waals surface area (Å²) in [5.74, 6) is -0.351. The molecule has 0 bridgehead atoms. The lowest BCUT2D eigenvalue weighted by atomic mass is 9.91. The number of hydrogen-bond donors (Lipinski definition) is 1. The third-order valence-electron chi connectivity index (χ3n) is 3.69. The van der Waals surface area contributed by atoms with Crippen molar-refractivity contribution in [1.29, 1.82) is 0 Å². The first kappa shape index (κ1) is 12.6. The zero-order valence-corrected chi connectivity index (χ0v) is 11.1. The Hall–Kier alpha value is -1.38. The van der Waals surface area contributed by atoms with Gasteiger partial charge in [0, 0.05) is 24.3 Å². The van der Waals surface area contributed by atoms with Crippen LogP contribution in [0.5, 0.6) is 0 Å². The highest BCUT2D eigenvalue weighted by atomic mass is 35.5. The summed E-state index contributed by atoms with van der Waals surface area (Å²) >= 11 is 6.03. The van der Waals surface area contributed by atoms with Gasteiger partial charge >= 0.3 is 0 Å². The van der Waals surface area contributed by atoms with Gasteiger partial charge in [0.25, 0.3) is 0 Å². The molecule has 0 saturated carbocycles. The normalized spacial score (nSPS) is 16.4. The molecule has 19 heavy (non-hydrogen) atoms. The first-order valence-electron chi connectivity index (χ1n) is 6.29. The van der Waals surface area contributed by atoms with Crippen LogP contribution in [0.3, 0.4) is 0 Å². The van der Waals surface area contributed by atoms with Crippen molar-refractivity contribution in [2.45, 2.75) is 24.9 Å². The molecule has 0 saturated heterocycles. The Morgan fingerprint density at radius 3 is 2.32 bits per heavy atom. The maximum Gasteiger partial charge on any atom is 0.124 e. The molecule has 0 aromatic heterocycles. The minimum atomic E-state index is -0.814. The molecule has 0 fully saturated rings. The number of hydrogen-bond acceptors (Lipinski definition) is 1. The highest BCUT2D eigenvalue weighted by molar-refractivity contribution is 6.31. The standard InChI is InChI=1S/C16H14ClFO/c17-15-7-14(18)6-5-13(15)10-16(19)8-11-3-1-2-4-12(11)9-16/h1-7,19H,8-10H2. The molecule has 1 nitrogen and oxygen atoms in total. The SMILES string of the molecule is OC1(Cc2ccc(F)cc2Cl)Cc2ccccc2C1. The van der Waals surface area contributed by atoms with Crippen molar-refractivity contribution in [3.8, 4) is 0 Å². The maximum atomic E-state index is 13.0. The number of benzene rings is 2. The van der Waals surface area contributed by atoms with E-state index in [1.807, 2.05) is 24.3 Å². The van der Waals surface area contributed by atoms with Crippen LogP contribution in [0.25, 0.3) is 0 Å². The van der Waals surface area contributed by atoms with Gasteiger partial charge in [0.1, 0.15) is 5.82 Å². The maximum absolute atomic E-state index is 13.0. The van der Waals surface area contributed by atoms with Crippen LogP contribution in [0, 0.1) is 5.82 Å². The Bertz CT molecular complexity index is 599. The van der Waals surface area contributed by atoms with E-state index in [0.29, 0.717) is 24.3 Å². The van der Waals surface area contributed by atoms with E-state index in [1.165, 1.54) is 23.3 Å². The van der Waals surface area contributed by atoms with Crippen molar-refractivity contribution in [2.24, 2.45) is 0 Å². The highest BCUT2D eigenvalue weighted by Gasteiger charge is 2.35. The molecule has 0 unspecified atom stereocenters. The summed E-state index contributed by atoms with van der Waals surface area (Å²) < 4.78 is 13.0. The van der Waals surface area contributed by atoms with Gasteiger partial charge in [-0.25, -0.2) is 4.39 Å². The molecule has 98 valence electrons. The summed E-state index contributed by atoms with van der Waals surface area (Å²) in [6, 6.07) is 12.4. The molecule has 0 heterocycles. The summed E-state index contributed by atoms with van der Waals surface area (Å²) in [5, 5.41) is 11.1. The number of rotatable bonds is 2. The van der Waals surface area contributed by atoms with Gasteiger partial charge in [-0.3, -0.25) is 0 Å². The summed E-state index contributed by atoms with van der Waals surface area (Å²) in [6.45, 7) is 0. The van der Waals surface area contributed by atoms with Crippen molar-refractivity contribution < 1.29 is 9.50 Å². The van der Waals surface area contributed by atoms with E-state index in [4.69, 9.17) is 11.6 Å². The summed E-state index contributed by atoms with van der Waals surface area (Å²) in [6.07, 6.45) is 1.69. The fourth-order valence-corrected chi connectivity index (χ4v) is 3.05. The zero-order valence-electron chi connectivity index (χ0n) is 10.4. The Balaban J connectivity index is 1.85. The second-order valence-corrected chi connectivity index (χ2v) is 5.67. The lowest BCUT2D eigenvalue weighted by Gasteiger charge is -2.22. The van der Waals surface area contributed by atoms with Gasteiger partial charge in [-0.1, -0.05) is 41.9 Å². The molecule has 0 amide bonds. The molecule has 3 rings (SSSR count). The largest absolute Gasteiger partial charge is 0.389 e. The molecule has 1 aliphatic rings. The Morgan fingerprint density at radius 2 is 1.74 bits per heavy atom. The van der Waals surface area contributed by atoms with Gasteiger partial charge in [0.05, 0.1) is 5.60 Å².